The van der Waals surface area contributed by atoms with Gasteiger partial charge in [0.1, 0.15) is 0 Å². The van der Waals surface area contributed by atoms with E-state index in [9.17, 15) is 19.8 Å². The molecule has 6 nitrogen and oxygen atoms in total. The number of allylic oxidation sites excluding steroid dienone is 3. The highest BCUT2D eigenvalue weighted by Crippen LogP contribution is 2.17. The van der Waals surface area contributed by atoms with E-state index in [-0.39, 0.29) is 18.5 Å². The van der Waals surface area contributed by atoms with Gasteiger partial charge in [-0.05, 0) is 57.8 Å². The number of nitrogens with one attached hydrogen (secondary N) is 1. The molecule has 0 spiro atoms. The first-order valence-corrected chi connectivity index (χ1v) is 29.1. The molecule has 3 N–H and O–H groups in total. The highest BCUT2D eigenvalue weighted by atomic mass is 16.5. The van der Waals surface area contributed by atoms with E-state index < -0.39 is 12.1 Å². The summed E-state index contributed by atoms with van der Waals surface area (Å²) in [5.74, 6) is -0.0706. The van der Waals surface area contributed by atoms with E-state index in [2.05, 4.69) is 31.3 Å². The Morgan fingerprint density at radius 3 is 1.09 bits per heavy atom. The fraction of sp³-hybridized carbons (Fsp3) is 0.898. The summed E-state index contributed by atoms with van der Waals surface area (Å²) in [6.07, 6.45) is 66.3. The largest absolute Gasteiger partial charge is 0.466 e. The number of unbranched alkanes of at least 4 members (excludes halogenated alkanes) is 41. The summed E-state index contributed by atoms with van der Waals surface area (Å²) in [6, 6.07) is -0.633. The molecule has 0 fully saturated rings. The minimum atomic E-state index is -0.849. The summed E-state index contributed by atoms with van der Waals surface area (Å²) in [6.45, 7) is 4.90. The van der Waals surface area contributed by atoms with Crippen LogP contribution in [0.3, 0.4) is 0 Å². The van der Waals surface area contributed by atoms with Crippen LogP contribution < -0.4 is 5.32 Å². The third kappa shape index (κ3) is 51.6. The number of hydrogen-bond acceptors (Lipinski definition) is 5. The molecule has 0 aromatic carbocycles. The zero-order chi connectivity index (χ0) is 47.2. The van der Waals surface area contributed by atoms with Gasteiger partial charge < -0.3 is 20.3 Å². The second-order valence-corrected chi connectivity index (χ2v) is 20.0. The third-order valence-electron chi connectivity index (χ3n) is 13.5. The van der Waals surface area contributed by atoms with Crippen molar-refractivity contribution in [3.05, 3.63) is 24.3 Å². The second-order valence-electron chi connectivity index (χ2n) is 20.0. The molecular weight excluding hydrogens is 803 g/mol. The predicted octanol–water partition coefficient (Wildman–Crippen LogP) is 17.9. The average molecular weight is 917 g/mol. The molecule has 0 saturated heterocycles. The van der Waals surface area contributed by atoms with Gasteiger partial charge in [-0.2, -0.15) is 0 Å². The highest BCUT2D eigenvalue weighted by Gasteiger charge is 2.18. The number of hydrogen-bond donors (Lipinski definition) is 3. The first kappa shape index (κ1) is 63.3. The van der Waals surface area contributed by atoms with Crippen LogP contribution in [-0.2, 0) is 14.3 Å². The van der Waals surface area contributed by atoms with Crippen LogP contribution >= 0.6 is 0 Å². The Labute approximate surface area is 405 Å². The van der Waals surface area contributed by atoms with Gasteiger partial charge in [0.2, 0.25) is 5.91 Å². The van der Waals surface area contributed by atoms with E-state index in [1.165, 1.54) is 244 Å². The summed E-state index contributed by atoms with van der Waals surface area (Å²) in [4.78, 5) is 24.5. The van der Waals surface area contributed by atoms with Crippen LogP contribution in [0.2, 0.25) is 0 Å². The average Bonchev–Trinajstić information content (AvgIpc) is 3.31. The second kappa shape index (κ2) is 54.9. The first-order chi connectivity index (χ1) is 32.0. The molecule has 0 aliphatic carbocycles. The fourth-order valence-corrected chi connectivity index (χ4v) is 8.98. The van der Waals surface area contributed by atoms with Gasteiger partial charge in [0.25, 0.3) is 0 Å². The molecule has 6 heteroatoms. The van der Waals surface area contributed by atoms with Gasteiger partial charge in [0.15, 0.2) is 0 Å². The van der Waals surface area contributed by atoms with Crippen molar-refractivity contribution >= 4 is 11.9 Å². The smallest absolute Gasteiger partial charge is 0.305 e. The number of aliphatic hydroxyl groups is 2. The number of carbonyl (C=O) groups excluding carboxylic acids is 2. The lowest BCUT2D eigenvalue weighted by Crippen LogP contribution is -2.45. The number of carbonyl (C=O) groups is 2. The molecule has 0 heterocycles. The van der Waals surface area contributed by atoms with E-state index in [1.807, 2.05) is 6.08 Å². The van der Waals surface area contributed by atoms with Crippen LogP contribution in [0.15, 0.2) is 24.3 Å². The molecule has 0 aromatic heterocycles. The maximum absolute atomic E-state index is 12.4. The Morgan fingerprint density at radius 2 is 0.723 bits per heavy atom. The number of amides is 1. The van der Waals surface area contributed by atoms with E-state index in [0.717, 1.165) is 44.9 Å². The van der Waals surface area contributed by atoms with E-state index in [0.29, 0.717) is 19.4 Å². The van der Waals surface area contributed by atoms with Crippen molar-refractivity contribution in [3.63, 3.8) is 0 Å². The van der Waals surface area contributed by atoms with Gasteiger partial charge in [-0.3, -0.25) is 9.59 Å². The lowest BCUT2D eigenvalue weighted by atomic mass is 10.0. The molecule has 65 heavy (non-hydrogen) atoms. The summed E-state index contributed by atoms with van der Waals surface area (Å²) in [7, 11) is 0. The monoisotopic (exact) mass is 916 g/mol. The van der Waals surface area contributed by atoms with Gasteiger partial charge in [-0.25, -0.2) is 0 Å². The number of aliphatic hydroxyl groups excluding tert-OH is 2. The quantitative estimate of drug-likeness (QED) is 0.0321. The minimum Gasteiger partial charge on any atom is -0.466 e. The Kier molecular flexibility index (Phi) is 53.5. The van der Waals surface area contributed by atoms with Crippen LogP contribution in [0.5, 0.6) is 0 Å². The van der Waals surface area contributed by atoms with Crippen molar-refractivity contribution in [2.24, 2.45) is 0 Å². The SMILES string of the molecule is CCCCCCCCCCCC/C=C/C(O)C(CO)NC(=O)CCCCCCCCC/C=C\CCCCCCCCCCOC(=O)CCCCCCCCCCCCCCCCCCC. The van der Waals surface area contributed by atoms with Gasteiger partial charge in [0.05, 0.1) is 25.4 Å². The molecule has 2 atom stereocenters. The zero-order valence-electron chi connectivity index (χ0n) is 43.7. The van der Waals surface area contributed by atoms with Gasteiger partial charge in [0, 0.05) is 12.8 Å². The van der Waals surface area contributed by atoms with Crippen molar-refractivity contribution in [2.45, 2.75) is 328 Å². The van der Waals surface area contributed by atoms with Gasteiger partial charge in [-0.1, -0.05) is 269 Å². The predicted molar refractivity (Wildman–Crippen MR) is 283 cm³/mol. The Bertz CT molecular complexity index is 1010. The van der Waals surface area contributed by atoms with Crippen molar-refractivity contribution in [1.29, 1.82) is 0 Å². The van der Waals surface area contributed by atoms with E-state index in [1.54, 1.807) is 6.08 Å². The summed E-state index contributed by atoms with van der Waals surface area (Å²) < 4.78 is 5.49. The number of ether oxygens (including phenoxy) is 1. The lowest BCUT2D eigenvalue weighted by Gasteiger charge is -2.20. The first-order valence-electron chi connectivity index (χ1n) is 29.1. The molecule has 0 bridgehead atoms. The van der Waals surface area contributed by atoms with Crippen molar-refractivity contribution in [2.75, 3.05) is 13.2 Å². The van der Waals surface area contributed by atoms with Gasteiger partial charge in [-0.15, -0.1) is 0 Å². The molecule has 0 radical (unpaired) electrons. The summed E-state index contributed by atoms with van der Waals surface area (Å²) in [5, 5.41) is 23.0. The minimum absolute atomic E-state index is 0.00710. The van der Waals surface area contributed by atoms with Crippen LogP contribution in [0.4, 0.5) is 0 Å². The third-order valence-corrected chi connectivity index (χ3v) is 13.5. The zero-order valence-corrected chi connectivity index (χ0v) is 43.7. The fourth-order valence-electron chi connectivity index (χ4n) is 8.98. The molecule has 0 aliphatic rings. The van der Waals surface area contributed by atoms with Crippen molar-refractivity contribution in [1.82, 2.24) is 5.32 Å². The molecule has 0 aliphatic heterocycles. The molecular formula is C59H113NO5. The Balaban J connectivity index is 3.43. The van der Waals surface area contributed by atoms with E-state index in [4.69, 9.17) is 4.74 Å². The van der Waals surface area contributed by atoms with Crippen molar-refractivity contribution in [3.8, 4) is 0 Å². The van der Waals surface area contributed by atoms with Crippen molar-refractivity contribution < 1.29 is 24.5 Å². The molecule has 2 unspecified atom stereocenters. The summed E-state index contributed by atoms with van der Waals surface area (Å²) >= 11 is 0. The Morgan fingerprint density at radius 1 is 0.415 bits per heavy atom. The van der Waals surface area contributed by atoms with Gasteiger partial charge >= 0.3 is 5.97 Å². The molecule has 0 saturated carbocycles. The molecule has 0 aromatic rings. The lowest BCUT2D eigenvalue weighted by molar-refractivity contribution is -0.143. The molecule has 1 amide bonds. The highest BCUT2D eigenvalue weighted by molar-refractivity contribution is 5.76. The van der Waals surface area contributed by atoms with Crippen LogP contribution in [0.1, 0.15) is 316 Å². The van der Waals surface area contributed by atoms with Crippen LogP contribution in [0.25, 0.3) is 0 Å². The van der Waals surface area contributed by atoms with Crippen LogP contribution in [0, 0.1) is 0 Å². The number of esters is 1. The maximum Gasteiger partial charge on any atom is 0.305 e. The maximum atomic E-state index is 12.4. The normalized spacial score (nSPS) is 12.7. The van der Waals surface area contributed by atoms with E-state index >= 15 is 0 Å². The molecule has 384 valence electrons. The van der Waals surface area contributed by atoms with Crippen LogP contribution in [-0.4, -0.2) is 47.4 Å². The Hall–Kier alpha value is -1.66. The summed E-state index contributed by atoms with van der Waals surface area (Å²) in [5.41, 5.74) is 0. The number of rotatable bonds is 54. The topological polar surface area (TPSA) is 95.9 Å². The standard InChI is InChI=1S/C59H113NO5/c1-3-5-7-9-11-13-15-17-18-22-26-29-33-37-41-45-49-53-59(64)65-54-50-46-42-38-34-30-27-24-21-19-20-23-25-28-32-36-40-44-48-52-58(63)60-56(55-61)57(62)51-47-43-39-35-31-16-14-12-10-8-6-4-2/h19-20,47,51,56-57,61-62H,3-18,21-46,48-50,52-55H2,1-2H3,(H,60,63)/b20-19-,51-47+. The molecule has 0 rings (SSSR count).